The summed E-state index contributed by atoms with van der Waals surface area (Å²) in [4.78, 5) is 12.1. The summed E-state index contributed by atoms with van der Waals surface area (Å²) in [6, 6.07) is 0. The van der Waals surface area contributed by atoms with Gasteiger partial charge < -0.3 is 24.8 Å². The fourth-order valence-corrected chi connectivity index (χ4v) is 4.75. The van der Waals surface area contributed by atoms with Crippen molar-refractivity contribution in [2.75, 3.05) is 6.61 Å². The minimum atomic E-state index is -1.38. The lowest BCUT2D eigenvalue weighted by molar-refractivity contribution is -0.188. The number of carbonyl (C=O) groups excluding carboxylic acids is 1. The van der Waals surface area contributed by atoms with Gasteiger partial charge in [0.25, 0.3) is 0 Å². The molecule has 0 aromatic carbocycles. The average Bonchev–Trinajstić information content (AvgIpc) is 2.81. The molecule has 36 heavy (non-hydrogen) atoms. The van der Waals surface area contributed by atoms with Gasteiger partial charge in [-0.25, -0.2) is 0 Å². The van der Waals surface area contributed by atoms with Crippen molar-refractivity contribution in [3.05, 3.63) is 36.0 Å². The van der Waals surface area contributed by atoms with Crippen LogP contribution in [0, 0.1) is 17.8 Å². The van der Waals surface area contributed by atoms with Crippen molar-refractivity contribution in [1.29, 1.82) is 0 Å². The lowest BCUT2D eigenvalue weighted by Gasteiger charge is -2.39. The second-order valence-electron chi connectivity index (χ2n) is 11.1. The molecule has 208 valence electrons. The molecule has 0 bridgehead atoms. The van der Waals surface area contributed by atoms with Crippen LogP contribution in [0.15, 0.2) is 36.0 Å². The Labute approximate surface area is 219 Å². The molecule has 0 aliphatic carbocycles. The quantitative estimate of drug-likeness (QED) is 0.281. The molecule has 0 saturated heterocycles. The molecule has 6 nitrogen and oxygen atoms in total. The van der Waals surface area contributed by atoms with Crippen LogP contribution in [0.2, 0.25) is 0 Å². The predicted molar refractivity (Wildman–Crippen MR) is 145 cm³/mol. The van der Waals surface area contributed by atoms with E-state index >= 15 is 0 Å². The van der Waals surface area contributed by atoms with E-state index in [9.17, 15) is 20.1 Å². The van der Waals surface area contributed by atoms with Crippen LogP contribution in [0.4, 0.5) is 0 Å². The van der Waals surface area contributed by atoms with E-state index in [1.165, 1.54) is 12.5 Å². The number of aliphatic hydroxyl groups excluding tert-OH is 2. The van der Waals surface area contributed by atoms with E-state index in [4.69, 9.17) is 9.47 Å². The summed E-state index contributed by atoms with van der Waals surface area (Å²) in [5.74, 6) is -0.104. The largest absolute Gasteiger partial charge is 0.457 e. The number of hydrogen-bond donors (Lipinski definition) is 3. The second kappa shape index (κ2) is 16.4. The summed E-state index contributed by atoms with van der Waals surface area (Å²) in [5, 5.41) is 32.2. The highest BCUT2D eigenvalue weighted by Gasteiger charge is 2.42. The van der Waals surface area contributed by atoms with Crippen LogP contribution < -0.4 is 0 Å². The first-order chi connectivity index (χ1) is 16.9. The predicted octanol–water partition coefficient (Wildman–Crippen LogP) is 5.51. The Hall–Kier alpha value is -1.47. The third kappa shape index (κ3) is 12.2. The van der Waals surface area contributed by atoms with Gasteiger partial charge >= 0.3 is 5.97 Å². The number of hydrogen-bond acceptors (Lipinski definition) is 6. The van der Waals surface area contributed by atoms with Gasteiger partial charge in [-0.3, -0.25) is 4.79 Å². The first-order valence-corrected chi connectivity index (χ1v) is 13.8. The van der Waals surface area contributed by atoms with Crippen molar-refractivity contribution in [3.63, 3.8) is 0 Å². The summed E-state index contributed by atoms with van der Waals surface area (Å²) >= 11 is 0. The first-order valence-electron chi connectivity index (χ1n) is 13.8. The van der Waals surface area contributed by atoms with E-state index in [2.05, 4.69) is 45.1 Å². The summed E-state index contributed by atoms with van der Waals surface area (Å²) in [7, 11) is 0. The Morgan fingerprint density at radius 1 is 1.22 bits per heavy atom. The van der Waals surface area contributed by atoms with Crippen molar-refractivity contribution in [2.24, 2.45) is 17.8 Å². The molecular weight excluding hydrogens is 456 g/mol. The second-order valence-corrected chi connectivity index (χ2v) is 11.1. The molecule has 0 spiro atoms. The minimum absolute atomic E-state index is 0.209. The molecule has 0 saturated carbocycles. The monoisotopic (exact) mass is 508 g/mol. The molecular formula is C30H52O6. The summed E-state index contributed by atoms with van der Waals surface area (Å²) in [6.45, 7) is 13.5. The molecule has 1 aliphatic heterocycles. The number of carbonyl (C=O) groups is 1. The zero-order valence-electron chi connectivity index (χ0n) is 23.7. The topological polar surface area (TPSA) is 96.2 Å². The molecule has 0 aromatic heterocycles. The van der Waals surface area contributed by atoms with Crippen LogP contribution in [-0.4, -0.2) is 57.9 Å². The maximum absolute atomic E-state index is 12.1. The van der Waals surface area contributed by atoms with Gasteiger partial charge in [-0.05, 0) is 70.6 Å². The van der Waals surface area contributed by atoms with E-state index in [1.54, 1.807) is 6.92 Å². The molecule has 0 aromatic rings. The van der Waals surface area contributed by atoms with Gasteiger partial charge in [0.2, 0.25) is 0 Å². The number of esters is 1. The van der Waals surface area contributed by atoms with Crippen molar-refractivity contribution in [2.45, 2.75) is 123 Å². The van der Waals surface area contributed by atoms with Gasteiger partial charge in [0.05, 0.1) is 24.9 Å². The molecule has 0 amide bonds. The number of aliphatic hydroxyl groups is 3. The van der Waals surface area contributed by atoms with E-state index in [-0.39, 0.29) is 24.9 Å². The van der Waals surface area contributed by atoms with Crippen LogP contribution in [0.3, 0.4) is 0 Å². The van der Waals surface area contributed by atoms with E-state index < -0.39 is 36.0 Å². The highest BCUT2D eigenvalue weighted by atomic mass is 16.6. The van der Waals surface area contributed by atoms with Gasteiger partial charge in [-0.15, -0.1) is 0 Å². The van der Waals surface area contributed by atoms with Crippen LogP contribution in [0.5, 0.6) is 0 Å². The van der Waals surface area contributed by atoms with E-state index in [0.29, 0.717) is 31.6 Å². The fourth-order valence-electron chi connectivity index (χ4n) is 4.75. The maximum Gasteiger partial charge on any atom is 0.303 e. The van der Waals surface area contributed by atoms with E-state index in [1.807, 2.05) is 19.9 Å². The van der Waals surface area contributed by atoms with Crippen molar-refractivity contribution >= 4 is 5.97 Å². The molecule has 3 N–H and O–H groups in total. The van der Waals surface area contributed by atoms with Gasteiger partial charge in [0, 0.05) is 12.8 Å². The first kappa shape index (κ1) is 32.6. The average molecular weight is 509 g/mol. The molecule has 1 heterocycles. The Bertz CT molecular complexity index is 725. The molecule has 1 aliphatic rings. The van der Waals surface area contributed by atoms with E-state index in [0.717, 1.165) is 12.8 Å². The minimum Gasteiger partial charge on any atom is -0.457 e. The standard InChI is InChI=1S/C30H52O6/c1-8-26(32)16-17-30(7,34)29(36-24(6)31)28-19-23(5)18-22(4)14-10-12-21(3)13-11-15-25(20-35-28)27(33)9-2/h10-12,14-15,21,23,25-29,32-34H,8-9,13,16-20H2,1-7H3/b12-10+,15-11+,22-14+. The molecule has 1 rings (SSSR count). The fraction of sp³-hybridized carbons (Fsp3) is 0.767. The lowest BCUT2D eigenvalue weighted by atomic mass is 9.84. The number of allylic oxidation sites excluding steroid dienone is 5. The maximum atomic E-state index is 12.1. The summed E-state index contributed by atoms with van der Waals surface area (Å²) in [5.41, 5.74) is -0.136. The van der Waals surface area contributed by atoms with Gasteiger partial charge in [0.1, 0.15) is 5.60 Å². The zero-order valence-corrected chi connectivity index (χ0v) is 23.7. The third-order valence-corrected chi connectivity index (χ3v) is 7.13. The van der Waals surface area contributed by atoms with Gasteiger partial charge in [-0.2, -0.15) is 0 Å². The van der Waals surface area contributed by atoms with Crippen molar-refractivity contribution < 1.29 is 29.6 Å². The molecule has 6 heteroatoms. The van der Waals surface area contributed by atoms with Crippen LogP contribution >= 0.6 is 0 Å². The highest BCUT2D eigenvalue weighted by Crippen LogP contribution is 2.31. The molecule has 0 fully saturated rings. The van der Waals surface area contributed by atoms with Crippen molar-refractivity contribution in [1.82, 2.24) is 0 Å². The summed E-state index contributed by atoms with van der Waals surface area (Å²) < 4.78 is 12.1. The van der Waals surface area contributed by atoms with Crippen LogP contribution in [0.1, 0.15) is 93.4 Å². The molecule has 8 unspecified atom stereocenters. The lowest BCUT2D eigenvalue weighted by Crippen LogP contribution is -2.51. The normalized spacial score (nSPS) is 31.9. The van der Waals surface area contributed by atoms with Gasteiger partial charge in [0.15, 0.2) is 6.10 Å². The van der Waals surface area contributed by atoms with Gasteiger partial charge in [-0.1, -0.05) is 63.6 Å². The number of ether oxygens (including phenoxy) is 2. The smallest absolute Gasteiger partial charge is 0.303 e. The van der Waals surface area contributed by atoms with Crippen molar-refractivity contribution in [3.8, 4) is 0 Å². The molecule has 0 radical (unpaired) electrons. The highest BCUT2D eigenvalue weighted by molar-refractivity contribution is 5.66. The Balaban J connectivity index is 3.34. The Kier molecular flexibility index (Phi) is 14.8. The zero-order chi connectivity index (χ0) is 27.3. The molecule has 8 atom stereocenters. The summed E-state index contributed by atoms with van der Waals surface area (Å²) in [6.07, 6.45) is 12.2. The number of rotatable bonds is 9. The van der Waals surface area contributed by atoms with Crippen LogP contribution in [0.25, 0.3) is 0 Å². The van der Waals surface area contributed by atoms with Crippen LogP contribution in [-0.2, 0) is 14.3 Å². The Morgan fingerprint density at radius 3 is 2.53 bits per heavy atom. The third-order valence-electron chi connectivity index (χ3n) is 7.13. The Morgan fingerprint density at radius 2 is 1.92 bits per heavy atom. The SMILES string of the molecule is CCC(O)CCC(C)(O)C(OC(C)=O)C1CC(C)C/C(C)=C/C=C/C(C)C/C=C/C(C(O)CC)CO1.